The van der Waals surface area contributed by atoms with Gasteiger partial charge in [0.2, 0.25) is 11.5 Å². The van der Waals surface area contributed by atoms with Crippen molar-refractivity contribution in [3.05, 3.63) is 41.2 Å². The molecule has 0 spiro atoms. The predicted octanol–water partition coefficient (Wildman–Crippen LogP) is 1.97. The zero-order valence-corrected chi connectivity index (χ0v) is 11.2. The largest absolute Gasteiger partial charge is 0.379 e. The van der Waals surface area contributed by atoms with Gasteiger partial charge in [0.05, 0.1) is 0 Å². The van der Waals surface area contributed by atoms with Crippen LogP contribution in [0, 0.1) is 0 Å². The number of fused-ring (bicyclic) bond motifs is 1. The van der Waals surface area contributed by atoms with Crippen LogP contribution < -0.4 is 5.73 Å². The van der Waals surface area contributed by atoms with Crippen LogP contribution in [0.4, 0.5) is 5.82 Å². The van der Waals surface area contributed by atoms with E-state index in [0.29, 0.717) is 11.5 Å². The molecule has 21 heavy (non-hydrogen) atoms. The summed E-state index contributed by atoms with van der Waals surface area (Å²) in [6.07, 6.45) is 2.95. The van der Waals surface area contributed by atoms with Crippen molar-refractivity contribution in [1.29, 1.82) is 0 Å². The molecule has 0 bridgehead atoms. The third-order valence-corrected chi connectivity index (χ3v) is 3.87. The Morgan fingerprint density at radius 1 is 1.10 bits per heavy atom. The van der Waals surface area contributed by atoms with Crippen molar-refractivity contribution in [2.24, 2.45) is 0 Å². The molecule has 7 heteroatoms. The summed E-state index contributed by atoms with van der Waals surface area (Å²) in [6, 6.07) is 8.47. The van der Waals surface area contributed by atoms with Gasteiger partial charge in [0, 0.05) is 5.92 Å². The number of aryl methyl sites for hydroxylation is 1. The molecule has 2 aromatic heterocycles. The lowest BCUT2D eigenvalue weighted by molar-refractivity contribution is 0.308. The Balaban J connectivity index is 1.61. The van der Waals surface area contributed by atoms with Gasteiger partial charge in [-0.05, 0) is 40.7 Å². The number of nitrogens with two attached hydrogens (primary N) is 1. The van der Waals surface area contributed by atoms with Crippen LogP contribution in [0.1, 0.15) is 29.3 Å². The fourth-order valence-electron chi connectivity index (χ4n) is 2.76. The second-order valence-corrected chi connectivity index (χ2v) is 5.16. The summed E-state index contributed by atoms with van der Waals surface area (Å²) in [5.74, 6) is 1.34. The average Bonchev–Trinajstić information content (AvgIpc) is 3.15. The number of rotatable bonds is 2. The first kappa shape index (κ1) is 12.1. The van der Waals surface area contributed by atoms with E-state index in [-0.39, 0.29) is 17.6 Å². The van der Waals surface area contributed by atoms with Gasteiger partial charge in [0.15, 0.2) is 5.82 Å². The minimum Gasteiger partial charge on any atom is -0.379 e. The minimum atomic E-state index is 0.152. The van der Waals surface area contributed by atoms with E-state index in [1.807, 2.05) is 0 Å². The van der Waals surface area contributed by atoms with Gasteiger partial charge in [-0.3, -0.25) is 0 Å². The third kappa shape index (κ3) is 2.06. The van der Waals surface area contributed by atoms with Crippen LogP contribution in [0.25, 0.3) is 11.6 Å². The number of nitrogen functional groups attached to an aromatic ring is 1. The molecule has 0 fully saturated rings. The minimum absolute atomic E-state index is 0.152. The summed E-state index contributed by atoms with van der Waals surface area (Å²) >= 11 is 0. The van der Waals surface area contributed by atoms with Gasteiger partial charge in [0.1, 0.15) is 0 Å². The highest BCUT2D eigenvalue weighted by Crippen LogP contribution is 2.32. The molecule has 0 amide bonds. The Labute approximate surface area is 120 Å². The maximum atomic E-state index is 5.63. The van der Waals surface area contributed by atoms with Crippen LogP contribution in [0.3, 0.4) is 0 Å². The highest BCUT2D eigenvalue weighted by molar-refractivity contribution is 5.60. The number of hydrogen-bond acceptors (Lipinski definition) is 7. The van der Waals surface area contributed by atoms with Crippen molar-refractivity contribution < 1.29 is 9.15 Å². The molecule has 1 atom stereocenters. The Morgan fingerprint density at radius 3 is 2.76 bits per heavy atom. The van der Waals surface area contributed by atoms with E-state index >= 15 is 0 Å². The van der Waals surface area contributed by atoms with Gasteiger partial charge in [0.25, 0.3) is 5.89 Å². The van der Waals surface area contributed by atoms with E-state index in [1.165, 1.54) is 11.1 Å². The summed E-state index contributed by atoms with van der Waals surface area (Å²) in [5, 5.41) is 11.2. The van der Waals surface area contributed by atoms with Crippen molar-refractivity contribution in [3.8, 4) is 11.6 Å². The summed E-state index contributed by atoms with van der Waals surface area (Å²) in [5.41, 5.74) is 8.68. The summed E-state index contributed by atoms with van der Waals surface area (Å²) < 4.78 is 9.78. The zero-order valence-electron chi connectivity index (χ0n) is 11.2. The summed E-state index contributed by atoms with van der Waals surface area (Å²) in [4.78, 5) is 4.39. The van der Waals surface area contributed by atoms with Gasteiger partial charge in [-0.25, -0.2) is 4.63 Å². The normalized spacial score (nSPS) is 17.6. The van der Waals surface area contributed by atoms with Crippen molar-refractivity contribution in [2.75, 3.05) is 5.73 Å². The second-order valence-electron chi connectivity index (χ2n) is 5.16. The van der Waals surface area contributed by atoms with Crippen LogP contribution in [-0.2, 0) is 12.8 Å². The molecule has 0 radical (unpaired) electrons. The Kier molecular flexibility index (Phi) is 2.70. The van der Waals surface area contributed by atoms with E-state index in [1.54, 1.807) is 0 Å². The fourth-order valence-corrected chi connectivity index (χ4v) is 2.76. The zero-order chi connectivity index (χ0) is 14.2. The first-order valence-corrected chi connectivity index (χ1v) is 6.80. The lowest BCUT2D eigenvalue weighted by Gasteiger charge is -2.21. The molecule has 1 aliphatic rings. The number of aromatic nitrogens is 4. The SMILES string of the molecule is Nc1nonc1-c1nc(C2CCc3ccccc3C2)no1. The molecular formula is C14H13N5O2. The molecule has 2 heterocycles. The van der Waals surface area contributed by atoms with Crippen LogP contribution in [0.2, 0.25) is 0 Å². The number of anilines is 1. The maximum absolute atomic E-state index is 5.63. The highest BCUT2D eigenvalue weighted by atomic mass is 16.6. The summed E-state index contributed by atoms with van der Waals surface area (Å²) in [7, 11) is 0. The van der Waals surface area contributed by atoms with Crippen molar-refractivity contribution in [3.63, 3.8) is 0 Å². The molecule has 1 unspecified atom stereocenters. The van der Waals surface area contributed by atoms with Gasteiger partial charge in [-0.1, -0.05) is 29.4 Å². The molecule has 1 aromatic carbocycles. The molecule has 0 saturated heterocycles. The van der Waals surface area contributed by atoms with Crippen LogP contribution >= 0.6 is 0 Å². The molecule has 2 N–H and O–H groups in total. The number of nitrogens with zero attached hydrogens (tertiary/aromatic N) is 4. The van der Waals surface area contributed by atoms with E-state index in [0.717, 1.165) is 19.3 Å². The smallest absolute Gasteiger partial charge is 0.284 e. The van der Waals surface area contributed by atoms with Crippen molar-refractivity contribution in [1.82, 2.24) is 20.5 Å². The maximum Gasteiger partial charge on any atom is 0.284 e. The standard InChI is InChI=1S/C14H13N5O2/c15-12-11(17-21-18-12)14-16-13(19-20-14)10-6-5-8-3-1-2-4-9(8)7-10/h1-4,10H,5-7H2,(H2,15,18). The van der Waals surface area contributed by atoms with Gasteiger partial charge in [-0.15, -0.1) is 0 Å². The van der Waals surface area contributed by atoms with E-state index in [9.17, 15) is 0 Å². The first-order valence-electron chi connectivity index (χ1n) is 6.80. The monoisotopic (exact) mass is 283 g/mol. The van der Waals surface area contributed by atoms with Crippen molar-refractivity contribution >= 4 is 5.82 Å². The predicted molar refractivity (Wildman–Crippen MR) is 73.2 cm³/mol. The first-order chi connectivity index (χ1) is 10.3. The second kappa shape index (κ2) is 4.69. The molecular weight excluding hydrogens is 270 g/mol. The number of benzene rings is 1. The summed E-state index contributed by atoms with van der Waals surface area (Å²) in [6.45, 7) is 0. The lowest BCUT2D eigenvalue weighted by Crippen LogP contribution is -2.13. The average molecular weight is 283 g/mol. The molecule has 7 nitrogen and oxygen atoms in total. The van der Waals surface area contributed by atoms with Crippen LogP contribution in [0.5, 0.6) is 0 Å². The van der Waals surface area contributed by atoms with Gasteiger partial charge >= 0.3 is 0 Å². The Hall–Kier alpha value is -2.70. The van der Waals surface area contributed by atoms with E-state index in [2.05, 4.69) is 49.3 Å². The van der Waals surface area contributed by atoms with Gasteiger partial charge in [-0.2, -0.15) is 4.98 Å². The van der Waals surface area contributed by atoms with Crippen LogP contribution in [0.15, 0.2) is 33.4 Å². The quantitative estimate of drug-likeness (QED) is 0.766. The lowest BCUT2D eigenvalue weighted by atomic mass is 9.83. The molecule has 0 saturated carbocycles. The molecule has 4 rings (SSSR count). The fraction of sp³-hybridized carbons (Fsp3) is 0.286. The van der Waals surface area contributed by atoms with E-state index in [4.69, 9.17) is 10.3 Å². The highest BCUT2D eigenvalue weighted by Gasteiger charge is 2.25. The topological polar surface area (TPSA) is 104 Å². The molecule has 1 aliphatic carbocycles. The number of hydrogen-bond donors (Lipinski definition) is 1. The molecule has 106 valence electrons. The van der Waals surface area contributed by atoms with Crippen LogP contribution in [-0.4, -0.2) is 20.5 Å². The Morgan fingerprint density at radius 2 is 1.95 bits per heavy atom. The molecule has 0 aliphatic heterocycles. The third-order valence-electron chi connectivity index (χ3n) is 3.87. The van der Waals surface area contributed by atoms with E-state index < -0.39 is 0 Å². The Bertz CT molecular complexity index is 779. The van der Waals surface area contributed by atoms with Gasteiger partial charge < -0.3 is 10.3 Å². The molecule has 3 aromatic rings. The van der Waals surface area contributed by atoms with Crippen molar-refractivity contribution in [2.45, 2.75) is 25.2 Å².